The highest BCUT2D eigenvalue weighted by Crippen LogP contribution is 2.47. The first kappa shape index (κ1) is 29.9. The summed E-state index contributed by atoms with van der Waals surface area (Å²) in [5.74, 6) is 0.158. The number of anilines is 3. The molecule has 1 unspecified atom stereocenters. The fourth-order valence-corrected chi connectivity index (χ4v) is 4.88. The molecule has 2 aliphatic rings. The van der Waals surface area contributed by atoms with Crippen molar-refractivity contribution in [3.05, 3.63) is 72.7 Å². The minimum Gasteiger partial charge on any atom is -0.457 e. The quantitative estimate of drug-likeness (QED) is 0.262. The zero-order valence-corrected chi connectivity index (χ0v) is 24.2. The summed E-state index contributed by atoms with van der Waals surface area (Å²) in [4.78, 5) is 47.1. The summed E-state index contributed by atoms with van der Waals surface area (Å²) < 4.78 is 19.1. The second-order valence-electron chi connectivity index (χ2n) is 11.1. The number of ether oxygens (including phenoxy) is 1. The first-order valence-electron chi connectivity index (χ1n) is 14.3. The highest BCUT2D eigenvalue weighted by atomic mass is 19.1. The average Bonchev–Trinajstić information content (AvgIpc) is 3.81. The lowest BCUT2D eigenvalue weighted by Gasteiger charge is -2.36. The van der Waals surface area contributed by atoms with E-state index in [0.717, 1.165) is 26.1 Å². The molecule has 43 heavy (non-hydrogen) atoms. The fourth-order valence-electron chi connectivity index (χ4n) is 4.88. The fraction of sp³-hybridized carbons (Fsp3) is 0.355. The van der Waals surface area contributed by atoms with Crippen molar-refractivity contribution < 1.29 is 23.5 Å². The van der Waals surface area contributed by atoms with Crippen LogP contribution in [0.1, 0.15) is 19.3 Å². The number of amides is 4. The Bertz CT molecular complexity index is 1450. The Morgan fingerprint density at radius 3 is 2.26 bits per heavy atom. The van der Waals surface area contributed by atoms with Gasteiger partial charge < -0.3 is 30.5 Å². The highest BCUT2D eigenvalue weighted by molar-refractivity contribution is 6.16. The molecule has 5 rings (SSSR count). The summed E-state index contributed by atoms with van der Waals surface area (Å²) in [7, 11) is 4.03. The van der Waals surface area contributed by atoms with E-state index in [1.54, 1.807) is 42.6 Å². The van der Waals surface area contributed by atoms with Crippen LogP contribution < -0.4 is 26.0 Å². The Hall–Kier alpha value is -4.55. The number of rotatable bonds is 10. The van der Waals surface area contributed by atoms with Crippen molar-refractivity contribution in [1.29, 1.82) is 0 Å². The first-order valence-corrected chi connectivity index (χ1v) is 14.3. The molecule has 1 saturated heterocycles. The minimum absolute atomic E-state index is 0.0913. The van der Waals surface area contributed by atoms with Crippen molar-refractivity contribution in [3.8, 4) is 11.5 Å². The van der Waals surface area contributed by atoms with Crippen LogP contribution in [0, 0.1) is 11.2 Å². The van der Waals surface area contributed by atoms with Gasteiger partial charge >= 0.3 is 6.03 Å². The SMILES string of the molecule is CN(C)CCC1CNCCN1C(=O)Nc1cc(Oc2ccc(NC(=O)C3(C(=O)Nc4ccc(F)cc4)CC3)cc2)ccn1. The molecule has 1 aromatic heterocycles. The molecule has 2 aromatic carbocycles. The van der Waals surface area contributed by atoms with Gasteiger partial charge in [-0.2, -0.15) is 0 Å². The van der Waals surface area contributed by atoms with Gasteiger partial charge in [-0.3, -0.25) is 14.9 Å². The van der Waals surface area contributed by atoms with Crippen LogP contribution in [0.5, 0.6) is 11.5 Å². The summed E-state index contributed by atoms with van der Waals surface area (Å²) in [6.07, 6.45) is 3.29. The molecule has 4 amide bonds. The highest BCUT2D eigenvalue weighted by Gasteiger charge is 2.56. The van der Waals surface area contributed by atoms with E-state index in [-0.39, 0.29) is 12.1 Å². The van der Waals surface area contributed by atoms with Crippen molar-refractivity contribution in [3.63, 3.8) is 0 Å². The van der Waals surface area contributed by atoms with Crippen LogP contribution in [-0.4, -0.2) is 78.9 Å². The van der Waals surface area contributed by atoms with Crippen molar-refractivity contribution in [1.82, 2.24) is 20.1 Å². The predicted molar refractivity (Wildman–Crippen MR) is 162 cm³/mol. The van der Waals surface area contributed by atoms with Gasteiger partial charge in [-0.15, -0.1) is 0 Å². The molecule has 12 heteroatoms. The summed E-state index contributed by atoms with van der Waals surface area (Å²) in [6.45, 7) is 2.98. The Balaban J connectivity index is 1.15. The molecular formula is C31H36FN7O4. The topological polar surface area (TPSA) is 128 Å². The number of benzene rings is 2. The number of aromatic nitrogens is 1. The zero-order valence-electron chi connectivity index (χ0n) is 24.2. The van der Waals surface area contributed by atoms with E-state index >= 15 is 0 Å². The van der Waals surface area contributed by atoms with E-state index in [2.05, 4.69) is 31.2 Å². The van der Waals surface area contributed by atoms with Crippen LogP contribution in [-0.2, 0) is 9.59 Å². The van der Waals surface area contributed by atoms with Gasteiger partial charge in [0.05, 0.1) is 0 Å². The molecule has 3 aromatic rings. The summed E-state index contributed by atoms with van der Waals surface area (Å²) in [5, 5.41) is 11.8. The Labute approximate surface area is 249 Å². The van der Waals surface area contributed by atoms with Crippen LogP contribution in [0.3, 0.4) is 0 Å². The van der Waals surface area contributed by atoms with Gasteiger partial charge in [0.25, 0.3) is 0 Å². The molecule has 1 atom stereocenters. The molecule has 11 nitrogen and oxygen atoms in total. The number of carbonyl (C=O) groups is 3. The molecule has 1 aliphatic carbocycles. The molecule has 0 spiro atoms. The number of carbonyl (C=O) groups excluding carboxylic acids is 3. The maximum Gasteiger partial charge on any atom is 0.323 e. The van der Waals surface area contributed by atoms with E-state index in [0.29, 0.717) is 48.1 Å². The molecule has 1 saturated carbocycles. The summed E-state index contributed by atoms with van der Waals surface area (Å²) in [6, 6.07) is 15.4. The van der Waals surface area contributed by atoms with Gasteiger partial charge in [-0.05, 0) is 94.5 Å². The van der Waals surface area contributed by atoms with Crippen LogP contribution in [0.4, 0.5) is 26.4 Å². The van der Waals surface area contributed by atoms with Gasteiger partial charge in [0.1, 0.15) is 28.5 Å². The summed E-state index contributed by atoms with van der Waals surface area (Å²) >= 11 is 0. The predicted octanol–water partition coefficient (Wildman–Crippen LogP) is 4.13. The van der Waals surface area contributed by atoms with Gasteiger partial charge in [0.15, 0.2) is 0 Å². The molecule has 1 aliphatic heterocycles. The van der Waals surface area contributed by atoms with E-state index in [4.69, 9.17) is 4.74 Å². The molecule has 0 bridgehead atoms. The largest absolute Gasteiger partial charge is 0.457 e. The normalized spacial score (nSPS) is 17.2. The zero-order chi connectivity index (χ0) is 30.4. The lowest BCUT2D eigenvalue weighted by molar-refractivity contribution is -0.131. The molecule has 226 valence electrons. The smallest absolute Gasteiger partial charge is 0.323 e. The maximum absolute atomic E-state index is 13.2. The van der Waals surface area contributed by atoms with Crippen LogP contribution in [0.2, 0.25) is 0 Å². The number of urea groups is 1. The second-order valence-corrected chi connectivity index (χ2v) is 11.1. The number of hydrogen-bond acceptors (Lipinski definition) is 7. The Morgan fingerprint density at radius 2 is 1.63 bits per heavy atom. The molecule has 2 fully saturated rings. The van der Waals surface area contributed by atoms with E-state index in [1.165, 1.54) is 24.3 Å². The molecule has 0 radical (unpaired) electrons. The van der Waals surface area contributed by atoms with Crippen molar-refractivity contribution >= 4 is 35.0 Å². The summed E-state index contributed by atoms with van der Waals surface area (Å²) in [5.41, 5.74) is -0.210. The van der Waals surface area contributed by atoms with Crippen LogP contribution in [0.25, 0.3) is 0 Å². The lowest BCUT2D eigenvalue weighted by atomic mass is 10.0. The number of nitrogens with zero attached hydrogens (tertiary/aromatic N) is 3. The Morgan fingerprint density at radius 1 is 0.977 bits per heavy atom. The monoisotopic (exact) mass is 589 g/mol. The van der Waals surface area contributed by atoms with Gasteiger partial charge in [0.2, 0.25) is 11.8 Å². The van der Waals surface area contributed by atoms with Crippen molar-refractivity contribution in [2.45, 2.75) is 25.3 Å². The van der Waals surface area contributed by atoms with E-state index < -0.39 is 23.0 Å². The molecular weight excluding hydrogens is 553 g/mol. The average molecular weight is 590 g/mol. The van der Waals surface area contributed by atoms with Gasteiger partial charge in [0, 0.05) is 49.3 Å². The number of hydrogen-bond donors (Lipinski definition) is 4. The standard InChI is InChI=1S/C31H36FN7O4/c1-38(2)17-12-24-20-33-16-18-39(24)30(42)37-27-19-26(11-15-34-27)43-25-9-7-23(8-10-25)36-29(41)31(13-14-31)28(40)35-22-5-3-21(32)4-6-22/h3-11,15,19,24,33H,12-14,16-18,20H2,1-2H3,(H,35,40)(H,36,41)(H,34,37,42). The van der Waals surface area contributed by atoms with Crippen molar-refractivity contribution in [2.75, 3.05) is 56.2 Å². The first-order chi connectivity index (χ1) is 20.7. The molecule has 4 N–H and O–H groups in total. The maximum atomic E-state index is 13.2. The third-order valence-corrected chi connectivity index (χ3v) is 7.56. The van der Waals surface area contributed by atoms with E-state index in [9.17, 15) is 18.8 Å². The minimum atomic E-state index is -1.15. The van der Waals surface area contributed by atoms with Crippen LogP contribution in [0.15, 0.2) is 66.9 Å². The lowest BCUT2D eigenvalue weighted by Crippen LogP contribution is -2.55. The van der Waals surface area contributed by atoms with Gasteiger partial charge in [-0.25, -0.2) is 14.2 Å². The number of piperazine rings is 1. The van der Waals surface area contributed by atoms with E-state index in [1.807, 2.05) is 19.0 Å². The Kier molecular flexibility index (Phi) is 9.17. The number of halogens is 1. The van der Waals surface area contributed by atoms with Gasteiger partial charge in [-0.1, -0.05) is 0 Å². The third-order valence-electron chi connectivity index (χ3n) is 7.56. The number of nitrogens with one attached hydrogen (secondary N) is 4. The third kappa shape index (κ3) is 7.65. The molecule has 2 heterocycles. The second kappa shape index (κ2) is 13.2. The number of pyridine rings is 1. The van der Waals surface area contributed by atoms with Crippen LogP contribution >= 0.6 is 0 Å². The van der Waals surface area contributed by atoms with Crippen molar-refractivity contribution in [2.24, 2.45) is 5.41 Å².